The van der Waals surface area contributed by atoms with Crippen LogP contribution in [0.3, 0.4) is 0 Å². The van der Waals surface area contributed by atoms with Crippen LogP contribution in [0.15, 0.2) is 73.2 Å². The van der Waals surface area contributed by atoms with Crippen LogP contribution in [-0.2, 0) is 6.54 Å². The zero-order valence-corrected chi connectivity index (χ0v) is 14.7. The SMILES string of the molecule is O=C(c1cccn1Cc1ccccc1)N1CCN(c2ccncc2)CC1. The van der Waals surface area contributed by atoms with Crippen molar-refractivity contribution in [3.8, 4) is 0 Å². The lowest BCUT2D eigenvalue weighted by atomic mass is 10.2. The molecule has 1 aliphatic rings. The summed E-state index contributed by atoms with van der Waals surface area (Å²) in [4.78, 5) is 21.3. The molecule has 0 atom stereocenters. The van der Waals surface area contributed by atoms with Crippen LogP contribution in [0, 0.1) is 0 Å². The van der Waals surface area contributed by atoms with E-state index in [9.17, 15) is 4.79 Å². The Morgan fingerprint density at radius 1 is 0.885 bits per heavy atom. The Kier molecular flexibility index (Phi) is 4.69. The Balaban J connectivity index is 1.42. The second kappa shape index (κ2) is 7.44. The van der Waals surface area contributed by atoms with E-state index in [1.54, 1.807) is 0 Å². The lowest BCUT2D eigenvalue weighted by molar-refractivity contribution is 0.0736. The average Bonchev–Trinajstić information content (AvgIpc) is 3.17. The monoisotopic (exact) mass is 346 g/mol. The highest BCUT2D eigenvalue weighted by atomic mass is 16.2. The quantitative estimate of drug-likeness (QED) is 0.729. The van der Waals surface area contributed by atoms with E-state index in [1.807, 2.05) is 70.5 Å². The Bertz CT molecular complexity index is 852. The number of rotatable bonds is 4. The number of benzene rings is 1. The van der Waals surface area contributed by atoms with E-state index in [2.05, 4.69) is 22.0 Å². The number of hydrogen-bond donors (Lipinski definition) is 0. The van der Waals surface area contributed by atoms with Gasteiger partial charge in [-0.3, -0.25) is 9.78 Å². The first kappa shape index (κ1) is 16.4. The molecule has 5 heteroatoms. The third-order valence-corrected chi connectivity index (χ3v) is 4.84. The van der Waals surface area contributed by atoms with Gasteiger partial charge in [0, 0.05) is 57.0 Å². The van der Waals surface area contributed by atoms with Gasteiger partial charge >= 0.3 is 0 Å². The minimum absolute atomic E-state index is 0.111. The van der Waals surface area contributed by atoms with E-state index in [4.69, 9.17) is 0 Å². The van der Waals surface area contributed by atoms with Gasteiger partial charge in [0.2, 0.25) is 0 Å². The first-order chi connectivity index (χ1) is 12.8. The molecule has 0 spiro atoms. The van der Waals surface area contributed by atoms with Crippen molar-refractivity contribution in [2.75, 3.05) is 31.1 Å². The number of aromatic nitrogens is 2. The van der Waals surface area contributed by atoms with E-state index < -0.39 is 0 Å². The summed E-state index contributed by atoms with van der Waals surface area (Å²) in [5.41, 5.74) is 3.12. The van der Waals surface area contributed by atoms with Gasteiger partial charge in [0.05, 0.1) is 0 Å². The first-order valence-electron chi connectivity index (χ1n) is 8.94. The molecule has 3 heterocycles. The smallest absolute Gasteiger partial charge is 0.270 e. The third kappa shape index (κ3) is 3.47. The van der Waals surface area contributed by atoms with Crippen LogP contribution in [0.25, 0.3) is 0 Å². The van der Waals surface area contributed by atoms with E-state index in [0.717, 1.165) is 31.9 Å². The number of carbonyl (C=O) groups is 1. The molecule has 1 saturated heterocycles. The molecule has 1 aliphatic heterocycles. The molecular formula is C21H22N4O. The predicted molar refractivity (Wildman–Crippen MR) is 102 cm³/mol. The van der Waals surface area contributed by atoms with Crippen molar-refractivity contribution in [3.05, 3.63) is 84.4 Å². The molecule has 5 nitrogen and oxygen atoms in total. The maximum atomic E-state index is 13.0. The molecule has 1 fully saturated rings. The molecule has 1 aromatic carbocycles. The molecule has 0 saturated carbocycles. The van der Waals surface area contributed by atoms with Crippen LogP contribution >= 0.6 is 0 Å². The fourth-order valence-electron chi connectivity index (χ4n) is 3.41. The lowest BCUT2D eigenvalue weighted by Crippen LogP contribution is -2.49. The molecular weight excluding hydrogens is 324 g/mol. The van der Waals surface area contributed by atoms with Gasteiger partial charge in [-0.25, -0.2) is 0 Å². The first-order valence-corrected chi connectivity index (χ1v) is 8.94. The largest absolute Gasteiger partial charge is 0.368 e. The van der Waals surface area contributed by atoms with Gasteiger partial charge in [-0.15, -0.1) is 0 Å². The molecule has 1 amide bonds. The summed E-state index contributed by atoms with van der Waals surface area (Å²) in [5, 5.41) is 0. The minimum Gasteiger partial charge on any atom is -0.368 e. The van der Waals surface area contributed by atoms with Gasteiger partial charge in [0.15, 0.2) is 0 Å². The molecule has 3 aromatic rings. The summed E-state index contributed by atoms with van der Waals surface area (Å²) >= 11 is 0. The number of anilines is 1. The van der Waals surface area contributed by atoms with Crippen molar-refractivity contribution in [1.82, 2.24) is 14.5 Å². The maximum absolute atomic E-state index is 13.0. The Morgan fingerprint density at radius 3 is 2.35 bits per heavy atom. The van der Waals surface area contributed by atoms with Gasteiger partial charge in [0.1, 0.15) is 5.69 Å². The number of piperazine rings is 1. The van der Waals surface area contributed by atoms with Gasteiger partial charge in [-0.05, 0) is 29.8 Å². The summed E-state index contributed by atoms with van der Waals surface area (Å²) < 4.78 is 2.03. The van der Waals surface area contributed by atoms with Gasteiger partial charge in [-0.2, -0.15) is 0 Å². The fourth-order valence-corrected chi connectivity index (χ4v) is 3.41. The molecule has 0 bridgehead atoms. The number of amides is 1. The zero-order chi connectivity index (χ0) is 17.8. The predicted octanol–water partition coefficient (Wildman–Crippen LogP) is 2.89. The molecule has 0 aliphatic carbocycles. The highest BCUT2D eigenvalue weighted by Gasteiger charge is 2.24. The second-order valence-electron chi connectivity index (χ2n) is 6.49. The number of pyridine rings is 1. The van der Waals surface area contributed by atoms with Crippen molar-refractivity contribution >= 4 is 11.6 Å². The zero-order valence-electron chi connectivity index (χ0n) is 14.7. The molecule has 132 valence electrons. The van der Waals surface area contributed by atoms with E-state index in [-0.39, 0.29) is 5.91 Å². The van der Waals surface area contributed by atoms with Gasteiger partial charge < -0.3 is 14.4 Å². The van der Waals surface area contributed by atoms with Crippen molar-refractivity contribution < 1.29 is 4.79 Å². The van der Waals surface area contributed by atoms with Gasteiger partial charge in [-0.1, -0.05) is 30.3 Å². The van der Waals surface area contributed by atoms with E-state index in [0.29, 0.717) is 6.54 Å². The number of carbonyl (C=O) groups excluding carboxylic acids is 1. The van der Waals surface area contributed by atoms with Crippen LogP contribution < -0.4 is 4.90 Å². The molecule has 2 aromatic heterocycles. The molecule has 0 N–H and O–H groups in total. The Labute approximate surface area is 153 Å². The second-order valence-corrected chi connectivity index (χ2v) is 6.49. The van der Waals surface area contributed by atoms with Gasteiger partial charge in [0.25, 0.3) is 5.91 Å². The van der Waals surface area contributed by atoms with E-state index in [1.165, 1.54) is 11.3 Å². The average molecular weight is 346 g/mol. The maximum Gasteiger partial charge on any atom is 0.270 e. The summed E-state index contributed by atoms with van der Waals surface area (Å²) in [7, 11) is 0. The van der Waals surface area contributed by atoms with Crippen LogP contribution in [0.4, 0.5) is 5.69 Å². The van der Waals surface area contributed by atoms with Crippen molar-refractivity contribution in [1.29, 1.82) is 0 Å². The number of nitrogens with zero attached hydrogens (tertiary/aromatic N) is 4. The van der Waals surface area contributed by atoms with Crippen LogP contribution in [0.1, 0.15) is 16.1 Å². The molecule has 0 unspecified atom stereocenters. The minimum atomic E-state index is 0.111. The van der Waals surface area contributed by atoms with Crippen LogP contribution in [0.2, 0.25) is 0 Å². The summed E-state index contributed by atoms with van der Waals surface area (Å²) in [6, 6.07) is 18.1. The van der Waals surface area contributed by atoms with E-state index >= 15 is 0 Å². The highest BCUT2D eigenvalue weighted by molar-refractivity contribution is 5.93. The summed E-state index contributed by atoms with van der Waals surface area (Å²) in [6.45, 7) is 3.87. The summed E-state index contributed by atoms with van der Waals surface area (Å²) in [5.74, 6) is 0.111. The third-order valence-electron chi connectivity index (χ3n) is 4.84. The topological polar surface area (TPSA) is 41.4 Å². The number of hydrogen-bond acceptors (Lipinski definition) is 3. The standard InChI is InChI=1S/C21H22N4O/c26-21(20-7-4-12-25(20)17-18-5-2-1-3-6-18)24-15-13-23(14-16-24)19-8-10-22-11-9-19/h1-12H,13-17H2. The fraction of sp³-hybridized carbons (Fsp3) is 0.238. The van der Waals surface area contributed by atoms with Crippen molar-refractivity contribution in [2.45, 2.75) is 6.54 Å². The van der Waals surface area contributed by atoms with Crippen molar-refractivity contribution in [3.63, 3.8) is 0 Å². The van der Waals surface area contributed by atoms with Crippen LogP contribution in [0.5, 0.6) is 0 Å². The van der Waals surface area contributed by atoms with Crippen molar-refractivity contribution in [2.24, 2.45) is 0 Å². The van der Waals surface area contributed by atoms with Crippen LogP contribution in [-0.4, -0.2) is 46.5 Å². The Morgan fingerprint density at radius 2 is 1.62 bits per heavy atom. The molecule has 26 heavy (non-hydrogen) atoms. The normalized spacial score (nSPS) is 14.5. The Hall–Kier alpha value is -3.08. The highest BCUT2D eigenvalue weighted by Crippen LogP contribution is 2.17. The summed E-state index contributed by atoms with van der Waals surface area (Å²) in [6.07, 6.45) is 5.60. The molecule has 0 radical (unpaired) electrons. The molecule has 4 rings (SSSR count). The lowest BCUT2D eigenvalue weighted by Gasteiger charge is -2.36.